The van der Waals surface area contributed by atoms with E-state index in [1.165, 1.54) is 27.7 Å². The van der Waals surface area contributed by atoms with Crippen molar-refractivity contribution in [3.63, 3.8) is 0 Å². The van der Waals surface area contributed by atoms with Crippen LogP contribution in [0.3, 0.4) is 0 Å². The topological polar surface area (TPSA) is 124 Å². The molecule has 1 aliphatic rings. The zero-order valence-corrected chi connectivity index (χ0v) is 21.4. The van der Waals surface area contributed by atoms with E-state index in [9.17, 15) is 19.2 Å². The number of hydrogen-bond donors (Lipinski definition) is 0. The van der Waals surface area contributed by atoms with Crippen molar-refractivity contribution < 1.29 is 47.6 Å². The van der Waals surface area contributed by atoms with Crippen molar-refractivity contribution in [2.75, 3.05) is 6.61 Å². The summed E-state index contributed by atoms with van der Waals surface area (Å²) in [7, 11) is 0. The van der Waals surface area contributed by atoms with E-state index in [4.69, 9.17) is 28.4 Å². The molecule has 0 aliphatic carbocycles. The first-order valence-corrected chi connectivity index (χ1v) is 11.3. The van der Waals surface area contributed by atoms with E-state index >= 15 is 0 Å². The Hall–Kier alpha value is -3.14. The molecule has 1 aromatic rings. The summed E-state index contributed by atoms with van der Waals surface area (Å²) in [6.07, 6.45) is -6.15. The van der Waals surface area contributed by atoms with Crippen molar-refractivity contribution in [3.8, 4) is 5.75 Å². The monoisotopic (exact) mass is 494 g/mol. The summed E-state index contributed by atoms with van der Waals surface area (Å²) in [5.41, 5.74) is 1.60. The van der Waals surface area contributed by atoms with Crippen molar-refractivity contribution in [1.29, 1.82) is 0 Å². The molecule has 194 valence electrons. The molecule has 1 saturated heterocycles. The highest BCUT2D eigenvalue weighted by Gasteiger charge is 2.53. The zero-order valence-electron chi connectivity index (χ0n) is 21.4. The van der Waals surface area contributed by atoms with Crippen LogP contribution in [0.2, 0.25) is 0 Å². The van der Waals surface area contributed by atoms with Crippen molar-refractivity contribution >= 4 is 23.9 Å². The number of carbonyl (C=O) groups excluding carboxylic acids is 4. The molecule has 10 nitrogen and oxygen atoms in total. The molecule has 1 aliphatic heterocycles. The Bertz CT molecular complexity index is 948. The molecule has 1 fully saturated rings. The van der Waals surface area contributed by atoms with Crippen molar-refractivity contribution in [2.45, 2.75) is 91.5 Å². The predicted octanol–water partition coefficient (Wildman–Crippen LogP) is 2.75. The quantitative estimate of drug-likeness (QED) is 0.413. The van der Waals surface area contributed by atoms with Gasteiger partial charge in [-0.1, -0.05) is 32.9 Å². The lowest BCUT2D eigenvalue weighted by molar-refractivity contribution is -0.288. The average molecular weight is 495 g/mol. The van der Waals surface area contributed by atoms with Crippen LogP contribution < -0.4 is 4.74 Å². The average Bonchev–Trinajstić information content (AvgIpc) is 2.70. The van der Waals surface area contributed by atoms with Gasteiger partial charge in [-0.3, -0.25) is 19.2 Å². The van der Waals surface area contributed by atoms with Gasteiger partial charge in [-0.15, -0.1) is 0 Å². The number of rotatable bonds is 7. The maximum Gasteiger partial charge on any atom is 0.303 e. The standard InChI is InChI=1S/C25H34O10/c1-13-9-10-18(25(6,7)8)11-19(13)34-24-23(33-17(5)29)22(32-16(4)28)21(31-15(3)27)20(35-24)12-30-14(2)26/h9-11,20-24H,12H2,1-8H3/t20-,21-,22+,23-,24-/m1/s1. The summed E-state index contributed by atoms with van der Waals surface area (Å²) in [6, 6.07) is 5.72. The van der Waals surface area contributed by atoms with Crippen molar-refractivity contribution in [2.24, 2.45) is 0 Å². The lowest BCUT2D eigenvalue weighted by Crippen LogP contribution is -2.63. The fraction of sp³-hybridized carbons (Fsp3) is 0.600. The highest BCUT2D eigenvalue weighted by molar-refractivity contribution is 5.68. The normalized spacial score (nSPS) is 24.2. The minimum atomic E-state index is -1.29. The van der Waals surface area contributed by atoms with E-state index in [0.29, 0.717) is 5.75 Å². The summed E-state index contributed by atoms with van der Waals surface area (Å²) in [5, 5.41) is 0. The largest absolute Gasteiger partial charge is 0.463 e. The van der Waals surface area contributed by atoms with Crippen LogP contribution in [0.1, 0.15) is 59.6 Å². The summed E-state index contributed by atoms with van der Waals surface area (Å²) in [4.78, 5) is 47.2. The molecule has 0 unspecified atom stereocenters. The van der Waals surface area contributed by atoms with Gasteiger partial charge in [0.15, 0.2) is 12.2 Å². The lowest BCUT2D eigenvalue weighted by atomic mass is 9.86. The van der Waals surface area contributed by atoms with E-state index in [2.05, 4.69) is 20.8 Å². The van der Waals surface area contributed by atoms with E-state index in [1.54, 1.807) is 0 Å². The Balaban J connectivity index is 2.54. The Morgan fingerprint density at radius 2 is 1.37 bits per heavy atom. The van der Waals surface area contributed by atoms with Gasteiger partial charge in [0.2, 0.25) is 12.4 Å². The van der Waals surface area contributed by atoms with Gasteiger partial charge in [0.05, 0.1) is 0 Å². The first-order valence-electron chi connectivity index (χ1n) is 11.3. The van der Waals surface area contributed by atoms with Crippen LogP contribution in [0.4, 0.5) is 0 Å². The SMILES string of the molecule is CC(=O)OC[C@H]1O[C@@H](Oc2cc(C(C)(C)C)ccc2C)[C@H](OC(C)=O)[C@@H](OC(C)=O)[C@@H]1OC(C)=O. The molecule has 1 heterocycles. The van der Waals surface area contributed by atoms with E-state index in [-0.39, 0.29) is 12.0 Å². The van der Waals surface area contributed by atoms with Crippen LogP contribution in [0.25, 0.3) is 0 Å². The van der Waals surface area contributed by atoms with Gasteiger partial charge in [0.25, 0.3) is 0 Å². The molecule has 0 aromatic heterocycles. The molecule has 0 amide bonds. The Kier molecular flexibility index (Phi) is 9.25. The molecule has 0 radical (unpaired) electrons. The summed E-state index contributed by atoms with van der Waals surface area (Å²) >= 11 is 0. The van der Waals surface area contributed by atoms with Gasteiger partial charge >= 0.3 is 23.9 Å². The van der Waals surface area contributed by atoms with Gasteiger partial charge in [0.1, 0.15) is 18.5 Å². The van der Waals surface area contributed by atoms with Crippen LogP contribution in [0, 0.1) is 6.92 Å². The third-order valence-electron chi connectivity index (χ3n) is 5.25. The Morgan fingerprint density at radius 3 is 1.89 bits per heavy atom. The second kappa shape index (κ2) is 11.5. The first kappa shape index (κ1) is 28.1. The summed E-state index contributed by atoms with van der Waals surface area (Å²) < 4.78 is 33.5. The molecule has 2 rings (SSSR count). The molecule has 0 saturated carbocycles. The maximum atomic E-state index is 12.0. The molecule has 0 N–H and O–H groups in total. The van der Waals surface area contributed by atoms with Crippen molar-refractivity contribution in [3.05, 3.63) is 29.3 Å². The Labute approximate surface area is 205 Å². The van der Waals surface area contributed by atoms with Crippen LogP contribution in [-0.4, -0.2) is 61.2 Å². The second-order valence-corrected chi connectivity index (χ2v) is 9.42. The molecular weight excluding hydrogens is 460 g/mol. The molecule has 0 bridgehead atoms. The fourth-order valence-electron chi connectivity index (χ4n) is 3.60. The summed E-state index contributed by atoms with van der Waals surface area (Å²) in [6.45, 7) is 12.4. The number of hydrogen-bond acceptors (Lipinski definition) is 10. The molecule has 5 atom stereocenters. The molecular formula is C25H34O10. The predicted molar refractivity (Wildman–Crippen MR) is 122 cm³/mol. The zero-order chi connectivity index (χ0) is 26.5. The van der Waals surface area contributed by atoms with Gasteiger partial charge in [-0.25, -0.2) is 0 Å². The minimum Gasteiger partial charge on any atom is -0.463 e. The van der Waals surface area contributed by atoms with Gasteiger partial charge in [-0.2, -0.15) is 0 Å². The number of aryl methyl sites for hydroxylation is 1. The molecule has 0 spiro atoms. The van der Waals surface area contributed by atoms with Gasteiger partial charge < -0.3 is 28.4 Å². The molecule has 10 heteroatoms. The third-order valence-corrected chi connectivity index (χ3v) is 5.25. The minimum absolute atomic E-state index is 0.174. The molecule has 1 aromatic carbocycles. The number of ether oxygens (including phenoxy) is 6. The van der Waals surface area contributed by atoms with Gasteiger partial charge in [0, 0.05) is 27.7 Å². The highest BCUT2D eigenvalue weighted by atomic mass is 16.7. The van der Waals surface area contributed by atoms with E-state index in [1.807, 2.05) is 25.1 Å². The first-order chi connectivity index (χ1) is 16.2. The van der Waals surface area contributed by atoms with E-state index < -0.39 is 54.6 Å². The fourth-order valence-corrected chi connectivity index (χ4v) is 3.60. The van der Waals surface area contributed by atoms with Crippen molar-refractivity contribution in [1.82, 2.24) is 0 Å². The summed E-state index contributed by atoms with van der Waals surface area (Å²) in [5.74, 6) is -2.23. The smallest absolute Gasteiger partial charge is 0.303 e. The number of benzene rings is 1. The van der Waals surface area contributed by atoms with Crippen LogP contribution in [0.5, 0.6) is 5.75 Å². The molecule has 35 heavy (non-hydrogen) atoms. The van der Waals surface area contributed by atoms with E-state index in [0.717, 1.165) is 11.1 Å². The lowest BCUT2D eigenvalue weighted by Gasteiger charge is -2.44. The highest BCUT2D eigenvalue weighted by Crippen LogP contribution is 2.34. The van der Waals surface area contributed by atoms with Crippen LogP contribution in [-0.2, 0) is 48.3 Å². The second-order valence-electron chi connectivity index (χ2n) is 9.42. The Morgan fingerprint density at radius 1 is 0.829 bits per heavy atom. The third kappa shape index (κ3) is 7.95. The number of carbonyl (C=O) groups is 4. The van der Waals surface area contributed by atoms with Gasteiger partial charge in [-0.05, 0) is 29.5 Å². The maximum absolute atomic E-state index is 12.0. The van der Waals surface area contributed by atoms with Crippen LogP contribution in [0.15, 0.2) is 18.2 Å². The van der Waals surface area contributed by atoms with Crippen LogP contribution >= 0.6 is 0 Å². The number of esters is 4.